The molecule has 3 unspecified atom stereocenters. The highest BCUT2D eigenvalue weighted by molar-refractivity contribution is 5.45. The minimum absolute atomic E-state index is 0.0411. The Labute approximate surface area is 156 Å². The summed E-state index contributed by atoms with van der Waals surface area (Å²) in [6, 6.07) is 7.45. The standard InChI is InChI=1S/C21H32N2O3/c1-21(2,15-6-7-19-20(12-15)26-11-10-25-19)14-23-17-5-3-4-16(17)18-13-24-9-8-22-18/h6-7,12,16-18,22-23H,3-5,8-11,13-14H2,1-2H3. The van der Waals surface area contributed by atoms with E-state index in [1.165, 1.54) is 24.8 Å². The second-order valence-electron chi connectivity index (χ2n) is 8.46. The van der Waals surface area contributed by atoms with Gasteiger partial charge in [-0.3, -0.25) is 0 Å². The molecule has 1 aromatic rings. The topological polar surface area (TPSA) is 51.8 Å². The van der Waals surface area contributed by atoms with Gasteiger partial charge in [-0.15, -0.1) is 0 Å². The molecule has 1 saturated heterocycles. The summed E-state index contributed by atoms with van der Waals surface area (Å²) in [6.07, 6.45) is 3.87. The zero-order valence-electron chi connectivity index (χ0n) is 16.1. The smallest absolute Gasteiger partial charge is 0.161 e. The van der Waals surface area contributed by atoms with Crippen LogP contribution in [0, 0.1) is 5.92 Å². The van der Waals surface area contributed by atoms with E-state index in [0.717, 1.165) is 37.8 Å². The van der Waals surface area contributed by atoms with Crippen LogP contribution in [0.2, 0.25) is 0 Å². The van der Waals surface area contributed by atoms with Crippen LogP contribution in [0.1, 0.15) is 38.7 Å². The van der Waals surface area contributed by atoms with Crippen LogP contribution < -0.4 is 20.1 Å². The molecule has 3 atom stereocenters. The Kier molecular flexibility index (Phi) is 5.39. The highest BCUT2D eigenvalue weighted by Gasteiger charge is 2.35. The molecular formula is C21H32N2O3. The Hall–Kier alpha value is -1.30. The number of rotatable bonds is 5. The number of hydrogen-bond donors (Lipinski definition) is 2. The molecule has 1 saturated carbocycles. The van der Waals surface area contributed by atoms with Crippen molar-refractivity contribution in [2.75, 3.05) is 39.5 Å². The molecule has 1 aromatic carbocycles. The minimum Gasteiger partial charge on any atom is -0.486 e. The van der Waals surface area contributed by atoms with Crippen molar-refractivity contribution in [1.82, 2.24) is 10.6 Å². The van der Waals surface area contributed by atoms with Crippen LogP contribution >= 0.6 is 0 Å². The molecule has 2 heterocycles. The maximum Gasteiger partial charge on any atom is 0.161 e. The van der Waals surface area contributed by atoms with E-state index >= 15 is 0 Å². The van der Waals surface area contributed by atoms with E-state index in [4.69, 9.17) is 14.2 Å². The van der Waals surface area contributed by atoms with Crippen molar-refractivity contribution in [1.29, 1.82) is 0 Å². The number of fused-ring (bicyclic) bond motifs is 1. The number of nitrogens with one attached hydrogen (secondary N) is 2. The van der Waals surface area contributed by atoms with Gasteiger partial charge in [0.25, 0.3) is 0 Å². The van der Waals surface area contributed by atoms with Crippen LogP contribution in [0.5, 0.6) is 11.5 Å². The molecule has 144 valence electrons. The second kappa shape index (κ2) is 7.75. The van der Waals surface area contributed by atoms with Crippen molar-refractivity contribution in [3.8, 4) is 11.5 Å². The van der Waals surface area contributed by atoms with Crippen LogP contribution in [0.3, 0.4) is 0 Å². The van der Waals surface area contributed by atoms with Gasteiger partial charge >= 0.3 is 0 Å². The van der Waals surface area contributed by atoms with Gasteiger partial charge in [-0.05, 0) is 36.5 Å². The summed E-state index contributed by atoms with van der Waals surface area (Å²) in [4.78, 5) is 0. The minimum atomic E-state index is 0.0411. The number of morpholine rings is 1. The van der Waals surface area contributed by atoms with Crippen molar-refractivity contribution in [2.45, 2.75) is 50.6 Å². The zero-order chi connectivity index (χ0) is 18.0. The Morgan fingerprint density at radius 3 is 2.77 bits per heavy atom. The van der Waals surface area contributed by atoms with Crippen LogP contribution in [-0.2, 0) is 10.2 Å². The molecule has 0 bridgehead atoms. The molecule has 0 radical (unpaired) electrons. The first-order valence-electron chi connectivity index (χ1n) is 10.1. The number of hydrogen-bond acceptors (Lipinski definition) is 5. The fourth-order valence-corrected chi connectivity index (χ4v) is 4.54. The highest BCUT2D eigenvalue weighted by atomic mass is 16.6. The van der Waals surface area contributed by atoms with E-state index in [1.807, 2.05) is 6.07 Å². The quantitative estimate of drug-likeness (QED) is 0.845. The summed E-state index contributed by atoms with van der Waals surface area (Å²) < 4.78 is 17.1. The lowest BCUT2D eigenvalue weighted by molar-refractivity contribution is 0.0522. The van der Waals surface area contributed by atoms with E-state index in [1.54, 1.807) is 0 Å². The Bertz CT molecular complexity index is 613. The van der Waals surface area contributed by atoms with Gasteiger partial charge < -0.3 is 24.8 Å². The lowest BCUT2D eigenvalue weighted by Gasteiger charge is -2.35. The average Bonchev–Trinajstić information content (AvgIpc) is 3.15. The van der Waals surface area contributed by atoms with Crippen molar-refractivity contribution >= 4 is 0 Å². The molecule has 5 heteroatoms. The van der Waals surface area contributed by atoms with Crippen molar-refractivity contribution in [3.05, 3.63) is 23.8 Å². The predicted octanol–water partition coefficient (Wildman–Crippen LogP) is 2.48. The summed E-state index contributed by atoms with van der Waals surface area (Å²) in [5.41, 5.74) is 1.34. The van der Waals surface area contributed by atoms with E-state index < -0.39 is 0 Å². The monoisotopic (exact) mass is 360 g/mol. The lowest BCUT2D eigenvalue weighted by atomic mass is 9.83. The molecular weight excluding hydrogens is 328 g/mol. The largest absolute Gasteiger partial charge is 0.486 e. The SMILES string of the molecule is CC(C)(CNC1CCCC1C1COCCN1)c1ccc2c(c1)OCCO2. The van der Waals surface area contributed by atoms with Gasteiger partial charge in [0, 0.05) is 30.6 Å². The summed E-state index contributed by atoms with van der Waals surface area (Å²) in [7, 11) is 0. The van der Waals surface area contributed by atoms with Crippen LogP contribution in [0.4, 0.5) is 0 Å². The van der Waals surface area contributed by atoms with Crippen LogP contribution in [-0.4, -0.2) is 51.6 Å². The van der Waals surface area contributed by atoms with Gasteiger partial charge in [-0.1, -0.05) is 26.3 Å². The third-order valence-corrected chi connectivity index (χ3v) is 6.17. The predicted molar refractivity (Wildman–Crippen MR) is 102 cm³/mol. The van der Waals surface area contributed by atoms with Crippen molar-refractivity contribution < 1.29 is 14.2 Å². The van der Waals surface area contributed by atoms with Gasteiger partial charge in [0.05, 0.1) is 13.2 Å². The maximum atomic E-state index is 5.77. The molecule has 5 nitrogen and oxygen atoms in total. The van der Waals surface area contributed by atoms with Gasteiger partial charge in [0.1, 0.15) is 13.2 Å². The molecule has 0 spiro atoms. The molecule has 26 heavy (non-hydrogen) atoms. The van der Waals surface area contributed by atoms with Crippen molar-refractivity contribution in [2.24, 2.45) is 5.92 Å². The summed E-state index contributed by atoms with van der Waals surface area (Å²) in [5.74, 6) is 2.42. The molecule has 1 aliphatic carbocycles. The van der Waals surface area contributed by atoms with Crippen molar-refractivity contribution in [3.63, 3.8) is 0 Å². The molecule has 2 aliphatic heterocycles. The van der Waals surface area contributed by atoms with Gasteiger partial charge in [-0.2, -0.15) is 0 Å². The molecule has 2 N–H and O–H groups in total. The molecule has 0 amide bonds. The lowest BCUT2D eigenvalue weighted by Crippen LogP contribution is -2.52. The Morgan fingerprint density at radius 1 is 1.12 bits per heavy atom. The number of ether oxygens (including phenoxy) is 3. The first-order chi connectivity index (χ1) is 12.6. The summed E-state index contributed by atoms with van der Waals surface area (Å²) in [5, 5.41) is 7.54. The number of benzene rings is 1. The molecule has 2 fully saturated rings. The first-order valence-corrected chi connectivity index (χ1v) is 10.1. The van der Waals surface area contributed by atoms with Gasteiger partial charge in [-0.25, -0.2) is 0 Å². The van der Waals surface area contributed by atoms with E-state index in [2.05, 4.69) is 36.6 Å². The maximum absolute atomic E-state index is 5.77. The first kappa shape index (κ1) is 18.1. The molecule has 4 rings (SSSR count). The van der Waals surface area contributed by atoms with Crippen LogP contribution in [0.15, 0.2) is 18.2 Å². The third kappa shape index (κ3) is 3.85. The fourth-order valence-electron chi connectivity index (χ4n) is 4.54. The third-order valence-electron chi connectivity index (χ3n) is 6.17. The fraction of sp³-hybridized carbons (Fsp3) is 0.714. The van der Waals surface area contributed by atoms with E-state index in [9.17, 15) is 0 Å². The van der Waals surface area contributed by atoms with E-state index in [-0.39, 0.29) is 5.41 Å². The molecule has 3 aliphatic rings. The Balaban J connectivity index is 1.39. The zero-order valence-corrected chi connectivity index (χ0v) is 16.1. The Morgan fingerprint density at radius 2 is 1.96 bits per heavy atom. The average molecular weight is 360 g/mol. The normalized spacial score (nSPS) is 28.9. The van der Waals surface area contributed by atoms with Crippen LogP contribution in [0.25, 0.3) is 0 Å². The highest BCUT2D eigenvalue weighted by Crippen LogP contribution is 2.36. The van der Waals surface area contributed by atoms with E-state index in [0.29, 0.717) is 31.2 Å². The summed E-state index contributed by atoms with van der Waals surface area (Å²) in [6.45, 7) is 9.52. The van der Waals surface area contributed by atoms with Gasteiger partial charge in [0.2, 0.25) is 0 Å². The molecule has 0 aromatic heterocycles. The second-order valence-corrected chi connectivity index (χ2v) is 8.46. The van der Waals surface area contributed by atoms with Gasteiger partial charge in [0.15, 0.2) is 11.5 Å². The summed E-state index contributed by atoms with van der Waals surface area (Å²) >= 11 is 0.